The molecule has 0 saturated carbocycles. The summed E-state index contributed by atoms with van der Waals surface area (Å²) in [5.74, 6) is 0.767. The minimum Gasteiger partial charge on any atom is -0.120 e. The lowest BCUT2D eigenvalue weighted by molar-refractivity contribution is 1.44. The molecule has 1 aromatic carbocycles. The molecule has 0 amide bonds. The van der Waals surface area contributed by atoms with Crippen LogP contribution in [0.3, 0.4) is 0 Å². The number of rotatable bonds is 3. The Kier molecular flexibility index (Phi) is 4.19. The summed E-state index contributed by atoms with van der Waals surface area (Å²) in [6.45, 7) is 3.62. The van der Waals surface area contributed by atoms with Gasteiger partial charge in [0.05, 0.1) is 0 Å². The van der Waals surface area contributed by atoms with Crippen LogP contribution < -0.4 is 0 Å². The maximum absolute atomic E-state index is 5.63. The van der Waals surface area contributed by atoms with Crippen molar-refractivity contribution in [2.45, 2.75) is 4.90 Å². The van der Waals surface area contributed by atoms with Gasteiger partial charge in [-0.05, 0) is 24.3 Å². The molecular weight excluding hydrogens is 256 g/mol. The molecule has 0 N–H and O–H groups in total. The molecule has 0 bridgehead atoms. The molecule has 0 spiro atoms. The van der Waals surface area contributed by atoms with E-state index in [1.807, 2.05) is 12.1 Å². The first-order chi connectivity index (χ1) is 5.68. The number of benzene rings is 1. The molecule has 0 aromatic heterocycles. The second-order valence-corrected chi connectivity index (χ2v) is 4.76. The summed E-state index contributed by atoms with van der Waals surface area (Å²) in [6.07, 6.45) is 0. The molecule has 12 heavy (non-hydrogen) atoms. The summed E-state index contributed by atoms with van der Waals surface area (Å²) < 4.78 is 1.09. The van der Waals surface area contributed by atoms with Crippen LogP contribution in [0.15, 0.2) is 45.2 Å². The molecule has 1 rings (SSSR count). The maximum atomic E-state index is 5.63. The minimum absolute atomic E-state index is 0.683. The van der Waals surface area contributed by atoms with Crippen molar-refractivity contribution in [3.8, 4) is 0 Å². The number of hydrogen-bond acceptors (Lipinski definition) is 1. The molecule has 64 valence electrons. The fourth-order valence-corrected chi connectivity index (χ4v) is 1.77. The van der Waals surface area contributed by atoms with Crippen molar-refractivity contribution in [1.29, 1.82) is 0 Å². The van der Waals surface area contributed by atoms with Crippen LogP contribution in [0.1, 0.15) is 0 Å². The highest BCUT2D eigenvalue weighted by Crippen LogP contribution is 2.22. The summed E-state index contributed by atoms with van der Waals surface area (Å²) in [6, 6.07) is 8.13. The van der Waals surface area contributed by atoms with Crippen molar-refractivity contribution in [2.24, 2.45) is 0 Å². The van der Waals surface area contributed by atoms with Crippen LogP contribution in [0.4, 0.5) is 0 Å². The Hall–Kier alpha value is 0.0800. The Balaban J connectivity index is 2.53. The third kappa shape index (κ3) is 3.65. The van der Waals surface area contributed by atoms with Crippen LogP contribution in [-0.4, -0.2) is 5.75 Å². The largest absolute Gasteiger partial charge is 0.120 e. The van der Waals surface area contributed by atoms with Gasteiger partial charge in [0.15, 0.2) is 0 Å². The third-order valence-electron chi connectivity index (χ3n) is 1.21. The number of halogens is 2. The van der Waals surface area contributed by atoms with Crippen molar-refractivity contribution in [3.63, 3.8) is 0 Å². The maximum Gasteiger partial charge on any atom is 0.0334 e. The Morgan fingerprint density at radius 1 is 1.42 bits per heavy atom. The van der Waals surface area contributed by atoms with Gasteiger partial charge in [0.2, 0.25) is 0 Å². The first-order valence-corrected chi connectivity index (χ1v) is 5.56. The highest BCUT2D eigenvalue weighted by atomic mass is 79.9. The second-order valence-electron chi connectivity index (χ2n) is 2.26. The van der Waals surface area contributed by atoms with E-state index in [0.717, 1.165) is 10.2 Å². The van der Waals surface area contributed by atoms with E-state index >= 15 is 0 Å². The van der Waals surface area contributed by atoms with Gasteiger partial charge in [-0.2, -0.15) is 0 Å². The van der Waals surface area contributed by atoms with Gasteiger partial charge in [-0.15, -0.1) is 11.8 Å². The average Bonchev–Trinajstić information content (AvgIpc) is 2.03. The molecule has 1 aromatic rings. The van der Waals surface area contributed by atoms with E-state index in [1.165, 1.54) is 4.90 Å². The molecular formula is C9H8BrClS. The topological polar surface area (TPSA) is 0 Å². The summed E-state index contributed by atoms with van der Waals surface area (Å²) in [5, 5.41) is 0.683. The Bertz CT molecular complexity index is 268. The lowest BCUT2D eigenvalue weighted by atomic mass is 10.4. The molecule has 0 atom stereocenters. The van der Waals surface area contributed by atoms with Gasteiger partial charge in [0.25, 0.3) is 0 Å². The molecule has 0 fully saturated rings. The predicted octanol–water partition coefficient (Wildman–Crippen LogP) is 4.29. The normalized spacial score (nSPS) is 9.83. The molecule has 0 aliphatic rings. The van der Waals surface area contributed by atoms with E-state index in [-0.39, 0.29) is 0 Å². The fraction of sp³-hybridized carbons (Fsp3) is 0.111. The van der Waals surface area contributed by atoms with E-state index in [2.05, 4.69) is 34.6 Å². The average molecular weight is 264 g/mol. The van der Waals surface area contributed by atoms with Crippen molar-refractivity contribution < 1.29 is 0 Å². The molecule has 0 unspecified atom stereocenters. The van der Waals surface area contributed by atoms with Crippen LogP contribution in [0, 0.1) is 0 Å². The fourth-order valence-electron chi connectivity index (χ4n) is 0.692. The zero-order chi connectivity index (χ0) is 8.97. The summed E-state index contributed by atoms with van der Waals surface area (Å²) in [5.41, 5.74) is 0. The highest BCUT2D eigenvalue weighted by Gasteiger charge is 1.94. The molecule has 0 heterocycles. The molecule has 0 saturated heterocycles. The van der Waals surface area contributed by atoms with Gasteiger partial charge >= 0.3 is 0 Å². The zero-order valence-electron chi connectivity index (χ0n) is 6.39. The second kappa shape index (κ2) is 4.95. The molecule has 3 heteroatoms. The first-order valence-electron chi connectivity index (χ1n) is 3.40. The summed E-state index contributed by atoms with van der Waals surface area (Å²) in [4.78, 5) is 1.21. The van der Waals surface area contributed by atoms with Crippen LogP contribution in [0.5, 0.6) is 0 Å². The van der Waals surface area contributed by atoms with Crippen LogP contribution >= 0.6 is 39.3 Å². The molecule has 0 radical (unpaired) electrons. The van der Waals surface area contributed by atoms with Crippen LogP contribution in [-0.2, 0) is 0 Å². The molecule has 0 aliphatic carbocycles. The summed E-state index contributed by atoms with van der Waals surface area (Å²) >= 11 is 10.7. The van der Waals surface area contributed by atoms with Gasteiger partial charge in [0.1, 0.15) is 0 Å². The minimum atomic E-state index is 0.683. The molecule has 0 aliphatic heterocycles. The predicted molar refractivity (Wildman–Crippen MR) is 59.9 cm³/mol. The third-order valence-corrected chi connectivity index (χ3v) is 3.13. The summed E-state index contributed by atoms with van der Waals surface area (Å²) in [7, 11) is 0. The van der Waals surface area contributed by atoms with Crippen LogP contribution in [0.2, 0.25) is 0 Å². The molecule has 0 nitrogen and oxygen atoms in total. The highest BCUT2D eigenvalue weighted by molar-refractivity contribution is 9.10. The van der Waals surface area contributed by atoms with Gasteiger partial charge < -0.3 is 0 Å². The Morgan fingerprint density at radius 2 is 2.00 bits per heavy atom. The van der Waals surface area contributed by atoms with E-state index in [9.17, 15) is 0 Å². The monoisotopic (exact) mass is 262 g/mol. The lowest BCUT2D eigenvalue weighted by Gasteiger charge is -1.99. The van der Waals surface area contributed by atoms with Gasteiger partial charge in [-0.25, -0.2) is 0 Å². The van der Waals surface area contributed by atoms with Gasteiger partial charge in [-0.1, -0.05) is 34.1 Å². The standard InChI is InChI=1S/C9H8BrClS/c1-7(11)6-12-9-4-2-8(10)3-5-9/h2-5H,1,6H2. The van der Waals surface area contributed by atoms with Gasteiger partial charge in [-0.3, -0.25) is 0 Å². The Morgan fingerprint density at radius 3 is 2.50 bits per heavy atom. The SMILES string of the molecule is C=C(Cl)CSc1ccc(Br)cc1. The zero-order valence-corrected chi connectivity index (χ0v) is 9.55. The Labute approximate surface area is 90.1 Å². The van der Waals surface area contributed by atoms with Crippen LogP contribution in [0.25, 0.3) is 0 Å². The quantitative estimate of drug-likeness (QED) is 0.733. The van der Waals surface area contributed by atoms with Crippen molar-refractivity contribution in [3.05, 3.63) is 40.3 Å². The smallest absolute Gasteiger partial charge is 0.0334 e. The lowest BCUT2D eigenvalue weighted by Crippen LogP contribution is -1.76. The first kappa shape index (κ1) is 10.2. The van der Waals surface area contributed by atoms with Crippen molar-refractivity contribution in [1.82, 2.24) is 0 Å². The van der Waals surface area contributed by atoms with E-state index in [0.29, 0.717) is 5.03 Å². The van der Waals surface area contributed by atoms with Crippen molar-refractivity contribution in [2.75, 3.05) is 5.75 Å². The van der Waals surface area contributed by atoms with E-state index in [4.69, 9.17) is 11.6 Å². The van der Waals surface area contributed by atoms with E-state index in [1.54, 1.807) is 11.8 Å². The van der Waals surface area contributed by atoms with Crippen molar-refractivity contribution >= 4 is 39.3 Å². The van der Waals surface area contributed by atoms with E-state index < -0.39 is 0 Å². The number of hydrogen-bond donors (Lipinski definition) is 0. The number of thioether (sulfide) groups is 1. The van der Waals surface area contributed by atoms with Gasteiger partial charge in [0, 0.05) is 20.2 Å².